The summed E-state index contributed by atoms with van der Waals surface area (Å²) in [6.45, 7) is 4.75. The Kier molecular flexibility index (Phi) is 5.17. The Labute approximate surface area is 150 Å². The van der Waals surface area contributed by atoms with E-state index in [-0.39, 0.29) is 11.7 Å². The summed E-state index contributed by atoms with van der Waals surface area (Å²) in [4.78, 5) is 19.9. The Morgan fingerprint density at radius 3 is 2.69 bits per heavy atom. The van der Waals surface area contributed by atoms with Crippen molar-refractivity contribution in [1.82, 2.24) is 15.3 Å². The van der Waals surface area contributed by atoms with Crippen LogP contribution < -0.4 is 20.2 Å². The number of para-hydroxylation sites is 1. The number of benzene rings is 2. The van der Waals surface area contributed by atoms with Crippen molar-refractivity contribution < 1.29 is 19.7 Å². The highest BCUT2D eigenvalue weighted by Gasteiger charge is 2.20. The molecule has 1 heterocycles. The molecule has 7 nitrogen and oxygen atoms in total. The molecule has 4 N–H and O–H groups in total. The van der Waals surface area contributed by atoms with Gasteiger partial charge < -0.3 is 14.5 Å². The molecule has 0 bridgehead atoms. The van der Waals surface area contributed by atoms with Gasteiger partial charge in [0, 0.05) is 0 Å². The minimum absolute atomic E-state index is 0.236. The lowest BCUT2D eigenvalue weighted by molar-refractivity contribution is -0.116. The topological polar surface area (TPSA) is 102 Å². The number of aromatic nitrogens is 2. The Bertz CT molecular complexity index is 949. The molecule has 3 rings (SSSR count). The van der Waals surface area contributed by atoms with Crippen molar-refractivity contribution in [3.8, 4) is 11.5 Å². The van der Waals surface area contributed by atoms with E-state index < -0.39 is 0 Å². The van der Waals surface area contributed by atoms with Crippen LogP contribution >= 0.6 is 0 Å². The maximum atomic E-state index is 12.6. The third kappa shape index (κ3) is 3.51. The molecule has 7 heteroatoms. The molecular weight excluding hydrogens is 332 g/mol. The predicted octanol–water partition coefficient (Wildman–Crippen LogP) is 1.30. The molecule has 0 aliphatic rings. The van der Waals surface area contributed by atoms with Gasteiger partial charge in [-0.25, -0.2) is 15.1 Å². The van der Waals surface area contributed by atoms with Crippen LogP contribution in [0.15, 0.2) is 42.7 Å². The van der Waals surface area contributed by atoms with Gasteiger partial charge in [-0.3, -0.25) is 5.41 Å². The van der Waals surface area contributed by atoms with E-state index in [0.29, 0.717) is 41.4 Å². The number of nitrogens with zero attached hydrogens (tertiary/aromatic N) is 1. The van der Waals surface area contributed by atoms with Crippen LogP contribution in [0.1, 0.15) is 29.8 Å². The molecule has 26 heavy (non-hydrogen) atoms. The molecule has 0 aliphatic heterocycles. The lowest BCUT2D eigenvalue weighted by Gasteiger charge is -2.11. The molecular formula is C19H21N4O3+. The minimum atomic E-state index is -0.334. The van der Waals surface area contributed by atoms with Gasteiger partial charge in [0.1, 0.15) is 5.52 Å². The maximum absolute atomic E-state index is 12.6. The summed E-state index contributed by atoms with van der Waals surface area (Å²) in [5.41, 5.74) is 2.63. The first kappa shape index (κ1) is 17.5. The molecule has 1 aromatic heterocycles. The Hall–Kier alpha value is -3.35. The quantitative estimate of drug-likeness (QED) is 0.459. The lowest BCUT2D eigenvalue weighted by Crippen LogP contribution is -2.51. The average molecular weight is 353 g/mol. The summed E-state index contributed by atoms with van der Waals surface area (Å²) >= 11 is 0. The standard InChI is InChI=1S/C19H20N4O3/c1-3-25-15-9-8-12(10-16(15)26-4-2)19(24)23-18(20)13-6-5-7-14-17(13)22-11-21-14/h5-11H,3-4H2,1-2H3,(H,21,22)(H2,20,23,24)/p+1. The third-order valence-corrected chi connectivity index (χ3v) is 3.79. The number of nitrogens with one attached hydrogen (secondary N) is 2. The van der Waals surface area contributed by atoms with Crippen LogP contribution in [-0.2, 0) is 0 Å². The van der Waals surface area contributed by atoms with Gasteiger partial charge in [-0.1, -0.05) is 6.07 Å². The minimum Gasteiger partial charge on any atom is -0.490 e. The summed E-state index contributed by atoms with van der Waals surface area (Å²) in [7, 11) is 0. The van der Waals surface area contributed by atoms with E-state index in [1.165, 1.54) is 0 Å². The number of imidazole rings is 1. The van der Waals surface area contributed by atoms with E-state index in [2.05, 4.69) is 15.3 Å². The largest absolute Gasteiger partial charge is 0.490 e. The summed E-state index contributed by atoms with van der Waals surface area (Å²) in [5.74, 6) is 1.03. The third-order valence-electron chi connectivity index (χ3n) is 3.79. The number of H-pyrrole nitrogens is 1. The molecule has 0 radical (unpaired) electrons. The molecule has 3 aromatic rings. The number of carbonyl (C=O) groups excluding carboxylic acids is 1. The second-order valence-electron chi connectivity index (χ2n) is 5.50. The number of fused-ring (bicyclic) bond motifs is 1. The van der Waals surface area contributed by atoms with Crippen LogP contribution in [0.2, 0.25) is 0 Å². The van der Waals surface area contributed by atoms with Gasteiger partial charge in [0.15, 0.2) is 11.5 Å². The SMILES string of the molecule is CCOc1ccc(C(=O)NC(=[NH2+])c2cccc3[nH]cnc23)cc1OCC. The monoisotopic (exact) mass is 353 g/mol. The first-order valence-electron chi connectivity index (χ1n) is 8.40. The van der Waals surface area contributed by atoms with Crippen LogP contribution in [-0.4, -0.2) is 34.9 Å². The van der Waals surface area contributed by atoms with Gasteiger partial charge in [0.05, 0.1) is 36.2 Å². The summed E-state index contributed by atoms with van der Waals surface area (Å²) < 4.78 is 11.1. The zero-order valence-electron chi connectivity index (χ0n) is 14.7. The van der Waals surface area contributed by atoms with Crippen molar-refractivity contribution in [2.24, 2.45) is 0 Å². The zero-order valence-corrected chi connectivity index (χ0v) is 14.7. The second kappa shape index (κ2) is 7.69. The fourth-order valence-corrected chi connectivity index (χ4v) is 2.64. The summed E-state index contributed by atoms with van der Waals surface area (Å²) in [6.07, 6.45) is 1.59. The zero-order chi connectivity index (χ0) is 18.5. The Balaban J connectivity index is 1.82. The Morgan fingerprint density at radius 1 is 1.15 bits per heavy atom. The molecule has 0 saturated heterocycles. The molecule has 0 aliphatic carbocycles. The van der Waals surface area contributed by atoms with E-state index in [9.17, 15) is 4.79 Å². The number of hydrogen-bond donors (Lipinski definition) is 3. The first-order chi connectivity index (χ1) is 12.6. The average Bonchev–Trinajstić information content (AvgIpc) is 3.12. The number of nitrogens with two attached hydrogens (primary N) is 1. The summed E-state index contributed by atoms with van der Waals surface area (Å²) in [6, 6.07) is 10.6. The molecule has 1 amide bonds. The van der Waals surface area contributed by atoms with Gasteiger partial charge in [-0.05, 0) is 44.2 Å². The van der Waals surface area contributed by atoms with Gasteiger partial charge >= 0.3 is 5.91 Å². The first-order valence-corrected chi connectivity index (χ1v) is 8.40. The molecule has 0 unspecified atom stereocenters. The molecule has 0 spiro atoms. The van der Waals surface area contributed by atoms with Crippen LogP contribution in [0, 0.1) is 0 Å². The number of hydrogen-bond acceptors (Lipinski definition) is 4. The highest BCUT2D eigenvalue weighted by atomic mass is 16.5. The van der Waals surface area contributed by atoms with Gasteiger partial charge in [-0.15, -0.1) is 0 Å². The maximum Gasteiger partial charge on any atom is 0.339 e. The smallest absolute Gasteiger partial charge is 0.339 e. The normalized spacial score (nSPS) is 10.5. The fraction of sp³-hybridized carbons (Fsp3) is 0.211. The van der Waals surface area contributed by atoms with Crippen molar-refractivity contribution in [1.29, 1.82) is 0 Å². The van der Waals surface area contributed by atoms with E-state index in [0.717, 1.165) is 5.52 Å². The van der Waals surface area contributed by atoms with E-state index in [4.69, 9.17) is 14.9 Å². The number of amidine groups is 1. The van der Waals surface area contributed by atoms with Crippen LogP contribution in [0.3, 0.4) is 0 Å². The van der Waals surface area contributed by atoms with E-state index >= 15 is 0 Å². The summed E-state index contributed by atoms with van der Waals surface area (Å²) in [5, 5.41) is 8.83. The lowest BCUT2D eigenvalue weighted by atomic mass is 10.1. The highest BCUT2D eigenvalue weighted by Crippen LogP contribution is 2.28. The van der Waals surface area contributed by atoms with E-state index in [1.54, 1.807) is 24.5 Å². The van der Waals surface area contributed by atoms with Crippen LogP contribution in [0.25, 0.3) is 11.0 Å². The number of ether oxygens (including phenoxy) is 2. The van der Waals surface area contributed by atoms with Crippen molar-refractivity contribution in [3.05, 3.63) is 53.9 Å². The number of rotatable bonds is 6. The number of aromatic amines is 1. The molecule has 134 valence electrons. The highest BCUT2D eigenvalue weighted by molar-refractivity contribution is 6.14. The van der Waals surface area contributed by atoms with Crippen molar-refractivity contribution in [2.45, 2.75) is 13.8 Å². The van der Waals surface area contributed by atoms with Crippen molar-refractivity contribution >= 4 is 22.8 Å². The molecule has 2 aromatic carbocycles. The van der Waals surface area contributed by atoms with Gasteiger partial charge in [-0.2, -0.15) is 0 Å². The number of carbonyl (C=O) groups is 1. The molecule has 0 saturated carbocycles. The fourth-order valence-electron chi connectivity index (χ4n) is 2.64. The van der Waals surface area contributed by atoms with Crippen molar-refractivity contribution in [2.75, 3.05) is 13.2 Å². The van der Waals surface area contributed by atoms with Crippen LogP contribution in [0.5, 0.6) is 11.5 Å². The Morgan fingerprint density at radius 2 is 1.92 bits per heavy atom. The molecule has 0 atom stereocenters. The predicted molar refractivity (Wildman–Crippen MR) is 98.4 cm³/mol. The van der Waals surface area contributed by atoms with E-state index in [1.807, 2.05) is 32.0 Å². The number of amides is 1. The van der Waals surface area contributed by atoms with Crippen molar-refractivity contribution in [3.63, 3.8) is 0 Å². The van der Waals surface area contributed by atoms with Gasteiger partial charge in [0.2, 0.25) is 0 Å². The molecule has 0 fully saturated rings. The van der Waals surface area contributed by atoms with Crippen LogP contribution in [0.4, 0.5) is 0 Å². The second-order valence-corrected chi connectivity index (χ2v) is 5.50. The van der Waals surface area contributed by atoms with Gasteiger partial charge in [0.25, 0.3) is 5.84 Å².